The molecule has 0 aliphatic carbocycles. The van der Waals surface area contributed by atoms with Gasteiger partial charge in [0.2, 0.25) is 5.78 Å². The molecule has 2 rings (SSSR count). The Labute approximate surface area is 145 Å². The van der Waals surface area contributed by atoms with Gasteiger partial charge in [0, 0.05) is 5.56 Å². The first-order valence-corrected chi connectivity index (χ1v) is 7.32. The Morgan fingerprint density at radius 2 is 1.96 bits per heavy atom. The van der Waals surface area contributed by atoms with Crippen molar-refractivity contribution in [3.8, 4) is 0 Å². The second kappa shape index (κ2) is 7.14. The van der Waals surface area contributed by atoms with E-state index in [0.717, 1.165) is 0 Å². The first-order valence-electron chi connectivity index (χ1n) is 6.94. The average Bonchev–Trinajstić information content (AvgIpc) is 2.77. The molecule has 10 heteroatoms. The maximum absolute atomic E-state index is 12.5. The molecule has 0 bridgehead atoms. The Morgan fingerprint density at radius 3 is 2.56 bits per heavy atom. The number of anilines is 1. The number of nitrogen functional groups attached to an aromatic ring is 1. The second-order valence-corrected chi connectivity index (χ2v) is 5.50. The summed E-state index contributed by atoms with van der Waals surface area (Å²) in [5, 5.41) is 3.77. The molecule has 0 fully saturated rings. The van der Waals surface area contributed by atoms with Crippen molar-refractivity contribution in [3.63, 3.8) is 0 Å². The molecule has 1 aromatic carbocycles. The van der Waals surface area contributed by atoms with Gasteiger partial charge in [-0.25, -0.2) is 9.48 Å². The van der Waals surface area contributed by atoms with Crippen LogP contribution in [0.5, 0.6) is 0 Å². The van der Waals surface area contributed by atoms with Crippen molar-refractivity contribution in [2.45, 2.75) is 19.6 Å². The van der Waals surface area contributed by atoms with Gasteiger partial charge in [0.1, 0.15) is 17.9 Å². The zero-order valence-corrected chi connectivity index (χ0v) is 13.7. The van der Waals surface area contributed by atoms with Crippen LogP contribution in [0, 0.1) is 6.92 Å². The molecule has 1 heterocycles. The van der Waals surface area contributed by atoms with E-state index in [-0.39, 0.29) is 21.8 Å². The van der Waals surface area contributed by atoms with Crippen molar-refractivity contribution in [2.24, 2.45) is 0 Å². The molecular formula is C15H13ClF3N3O3. The van der Waals surface area contributed by atoms with E-state index in [1.54, 1.807) is 12.1 Å². The van der Waals surface area contributed by atoms with Gasteiger partial charge in [0.25, 0.3) is 0 Å². The third kappa shape index (κ3) is 4.50. The van der Waals surface area contributed by atoms with Crippen LogP contribution < -0.4 is 5.73 Å². The summed E-state index contributed by atoms with van der Waals surface area (Å²) >= 11 is 5.87. The van der Waals surface area contributed by atoms with E-state index in [4.69, 9.17) is 22.1 Å². The normalized spacial score (nSPS) is 11.4. The number of Topliss-reactive ketones (excluding diaryl/α,β-unsaturated/α-hetero) is 1. The van der Waals surface area contributed by atoms with Crippen molar-refractivity contribution in [1.29, 1.82) is 0 Å². The largest absolute Gasteiger partial charge is 0.454 e. The van der Waals surface area contributed by atoms with E-state index in [1.807, 2.05) is 0 Å². The predicted molar refractivity (Wildman–Crippen MR) is 83.5 cm³/mol. The van der Waals surface area contributed by atoms with Crippen molar-refractivity contribution < 1.29 is 27.5 Å². The number of ketones is 1. The quantitative estimate of drug-likeness (QED) is 0.641. The fraction of sp³-hybridized carbons (Fsp3) is 0.267. The van der Waals surface area contributed by atoms with Crippen LogP contribution in [0.1, 0.15) is 26.4 Å². The van der Waals surface area contributed by atoms with Crippen molar-refractivity contribution >= 4 is 29.2 Å². The minimum Gasteiger partial charge on any atom is -0.454 e. The lowest BCUT2D eigenvalue weighted by atomic mass is 10.1. The van der Waals surface area contributed by atoms with Gasteiger partial charge in [-0.05, 0) is 19.1 Å². The number of carbonyl (C=O) groups is 2. The van der Waals surface area contributed by atoms with Crippen molar-refractivity contribution in [2.75, 3.05) is 12.3 Å². The van der Waals surface area contributed by atoms with Gasteiger partial charge in [-0.2, -0.15) is 18.3 Å². The molecule has 2 N–H and O–H groups in total. The maximum atomic E-state index is 12.5. The molecule has 25 heavy (non-hydrogen) atoms. The summed E-state index contributed by atoms with van der Waals surface area (Å²) < 4.78 is 42.7. The standard InChI is InChI=1S/C15H13ClF3N3O3/c1-8-12(13(20)22(21-8)7-15(17,18)19)14(24)25-6-11(23)9-4-2-3-5-10(9)16/h2-5H,6-7,20H2,1H3. The van der Waals surface area contributed by atoms with E-state index in [2.05, 4.69) is 5.10 Å². The Bertz CT molecular complexity index is 818. The lowest BCUT2D eigenvalue weighted by Crippen LogP contribution is -2.21. The highest BCUT2D eigenvalue weighted by molar-refractivity contribution is 6.34. The summed E-state index contributed by atoms with van der Waals surface area (Å²) in [6.45, 7) is -0.757. The van der Waals surface area contributed by atoms with Crippen LogP contribution in [0.2, 0.25) is 5.02 Å². The zero-order valence-electron chi connectivity index (χ0n) is 12.9. The number of aryl methyl sites for hydroxylation is 1. The summed E-state index contributed by atoms with van der Waals surface area (Å²) in [6.07, 6.45) is -4.55. The van der Waals surface area contributed by atoms with Crippen LogP contribution in [0.3, 0.4) is 0 Å². The first-order chi connectivity index (χ1) is 11.6. The predicted octanol–water partition coefficient (Wildman–Crippen LogP) is 3.03. The Hall–Kier alpha value is -2.55. The van der Waals surface area contributed by atoms with Gasteiger partial charge in [0.05, 0.1) is 10.7 Å². The van der Waals surface area contributed by atoms with E-state index in [1.165, 1.54) is 19.1 Å². The van der Waals surface area contributed by atoms with Crippen LogP contribution in [-0.4, -0.2) is 34.3 Å². The number of aromatic nitrogens is 2. The summed E-state index contributed by atoms with van der Waals surface area (Å²) in [6, 6.07) is 6.17. The van der Waals surface area contributed by atoms with Gasteiger partial charge in [-0.15, -0.1) is 0 Å². The van der Waals surface area contributed by atoms with E-state index in [9.17, 15) is 22.8 Å². The molecule has 134 valence electrons. The number of benzene rings is 1. The molecule has 2 aromatic rings. The Kier molecular flexibility index (Phi) is 5.36. The molecule has 0 saturated carbocycles. The lowest BCUT2D eigenvalue weighted by Gasteiger charge is -2.08. The van der Waals surface area contributed by atoms with Gasteiger partial charge >= 0.3 is 12.1 Å². The lowest BCUT2D eigenvalue weighted by molar-refractivity contribution is -0.142. The van der Waals surface area contributed by atoms with Gasteiger partial charge < -0.3 is 10.5 Å². The molecule has 0 radical (unpaired) electrons. The number of halogens is 4. The van der Waals surface area contributed by atoms with Gasteiger partial charge in [-0.3, -0.25) is 4.79 Å². The van der Waals surface area contributed by atoms with E-state index in [0.29, 0.717) is 4.68 Å². The maximum Gasteiger partial charge on any atom is 0.408 e. The highest BCUT2D eigenvalue weighted by Gasteiger charge is 2.32. The van der Waals surface area contributed by atoms with Crippen LogP contribution in [0.15, 0.2) is 24.3 Å². The van der Waals surface area contributed by atoms with Crippen LogP contribution in [-0.2, 0) is 11.3 Å². The highest BCUT2D eigenvalue weighted by atomic mass is 35.5. The fourth-order valence-electron chi connectivity index (χ4n) is 2.11. The molecule has 0 aliphatic rings. The second-order valence-electron chi connectivity index (χ2n) is 5.10. The Balaban J connectivity index is 2.11. The van der Waals surface area contributed by atoms with Crippen LogP contribution in [0.25, 0.3) is 0 Å². The van der Waals surface area contributed by atoms with Crippen molar-refractivity contribution in [1.82, 2.24) is 9.78 Å². The minimum absolute atomic E-state index is 0.0306. The van der Waals surface area contributed by atoms with Crippen LogP contribution >= 0.6 is 11.6 Å². The molecule has 0 spiro atoms. The number of nitrogens with zero attached hydrogens (tertiary/aromatic N) is 2. The average molecular weight is 376 g/mol. The number of hydrogen-bond acceptors (Lipinski definition) is 5. The number of hydrogen-bond donors (Lipinski definition) is 1. The molecule has 0 saturated heterocycles. The Morgan fingerprint density at radius 1 is 1.32 bits per heavy atom. The fourth-order valence-corrected chi connectivity index (χ4v) is 2.35. The van der Waals surface area contributed by atoms with Gasteiger partial charge in [0.15, 0.2) is 6.61 Å². The number of carbonyl (C=O) groups excluding carboxylic acids is 2. The number of ether oxygens (including phenoxy) is 1. The SMILES string of the molecule is Cc1nn(CC(F)(F)F)c(N)c1C(=O)OCC(=O)c1ccccc1Cl. The summed E-state index contributed by atoms with van der Waals surface area (Å²) in [5.74, 6) is -2.08. The smallest absolute Gasteiger partial charge is 0.408 e. The zero-order chi connectivity index (χ0) is 18.8. The molecule has 0 amide bonds. The number of esters is 1. The minimum atomic E-state index is -4.55. The van der Waals surface area contributed by atoms with Crippen LogP contribution in [0.4, 0.5) is 19.0 Å². The molecule has 0 atom stereocenters. The summed E-state index contributed by atoms with van der Waals surface area (Å²) in [4.78, 5) is 24.1. The summed E-state index contributed by atoms with van der Waals surface area (Å²) in [7, 11) is 0. The third-order valence-corrected chi connectivity index (χ3v) is 3.54. The topological polar surface area (TPSA) is 87.2 Å². The third-order valence-electron chi connectivity index (χ3n) is 3.21. The molecular weight excluding hydrogens is 363 g/mol. The number of nitrogens with two attached hydrogens (primary N) is 1. The number of alkyl halides is 3. The monoisotopic (exact) mass is 375 g/mol. The molecule has 0 aliphatic heterocycles. The van der Waals surface area contributed by atoms with E-state index >= 15 is 0 Å². The molecule has 6 nitrogen and oxygen atoms in total. The summed E-state index contributed by atoms with van der Waals surface area (Å²) in [5.41, 5.74) is 5.37. The van der Waals surface area contributed by atoms with Gasteiger partial charge in [-0.1, -0.05) is 23.7 Å². The van der Waals surface area contributed by atoms with E-state index < -0.39 is 36.9 Å². The first kappa shape index (κ1) is 18.8. The molecule has 1 aromatic heterocycles. The highest BCUT2D eigenvalue weighted by Crippen LogP contribution is 2.23. The molecule has 0 unspecified atom stereocenters. The van der Waals surface area contributed by atoms with Crippen molar-refractivity contribution in [3.05, 3.63) is 46.1 Å². The number of rotatable bonds is 5.